The van der Waals surface area contributed by atoms with Crippen molar-refractivity contribution < 1.29 is 9.18 Å². The van der Waals surface area contributed by atoms with Crippen LogP contribution in [0.1, 0.15) is 20.9 Å². The number of benzene rings is 2. The molecule has 4 aromatic rings. The molecule has 0 N–H and O–H groups in total. The normalized spacial score (nSPS) is 10.6. The average Bonchev–Trinajstić information content (AvgIpc) is 3.12. The van der Waals surface area contributed by atoms with Gasteiger partial charge in [0.15, 0.2) is 0 Å². The fourth-order valence-electron chi connectivity index (χ4n) is 3.07. The SMILES string of the molecule is Cc1ncsc1C(=O)N(Cc1cncc2c(F)cccc12)c1cccc(Cl)c1.Cl. The molecule has 0 bridgehead atoms. The molecular weight excluding hydrogens is 432 g/mol. The van der Waals surface area contributed by atoms with E-state index in [0.717, 1.165) is 10.9 Å². The lowest BCUT2D eigenvalue weighted by Gasteiger charge is -2.23. The Hall–Kier alpha value is -2.54. The second-order valence-corrected chi connectivity index (χ2v) is 7.56. The molecule has 0 spiro atoms. The van der Waals surface area contributed by atoms with Crippen LogP contribution in [0.4, 0.5) is 10.1 Å². The number of hydrogen-bond acceptors (Lipinski definition) is 4. The fourth-order valence-corrected chi connectivity index (χ4v) is 4.01. The zero-order valence-corrected chi connectivity index (χ0v) is 17.7. The van der Waals surface area contributed by atoms with Gasteiger partial charge in [-0.3, -0.25) is 9.78 Å². The van der Waals surface area contributed by atoms with Crippen molar-refractivity contribution in [1.82, 2.24) is 9.97 Å². The van der Waals surface area contributed by atoms with E-state index in [1.165, 1.54) is 23.6 Å². The third-order valence-corrected chi connectivity index (χ3v) is 5.62. The molecule has 1 amide bonds. The highest BCUT2D eigenvalue weighted by Crippen LogP contribution is 2.28. The molecule has 0 aliphatic rings. The van der Waals surface area contributed by atoms with E-state index in [9.17, 15) is 9.18 Å². The van der Waals surface area contributed by atoms with Crippen LogP contribution >= 0.6 is 35.3 Å². The summed E-state index contributed by atoms with van der Waals surface area (Å²) >= 11 is 7.45. The van der Waals surface area contributed by atoms with E-state index in [1.807, 2.05) is 12.1 Å². The van der Waals surface area contributed by atoms with Crippen molar-refractivity contribution in [3.05, 3.63) is 87.3 Å². The Bertz CT molecular complexity index is 1180. The molecule has 0 aliphatic carbocycles. The van der Waals surface area contributed by atoms with E-state index >= 15 is 0 Å². The molecule has 4 rings (SSSR count). The van der Waals surface area contributed by atoms with Gasteiger partial charge in [-0.05, 0) is 42.1 Å². The van der Waals surface area contributed by atoms with E-state index < -0.39 is 0 Å². The van der Waals surface area contributed by atoms with E-state index in [0.29, 0.717) is 26.7 Å². The van der Waals surface area contributed by atoms with Crippen LogP contribution in [0, 0.1) is 12.7 Å². The molecule has 0 saturated carbocycles. The minimum atomic E-state index is -0.342. The topological polar surface area (TPSA) is 46.1 Å². The first-order chi connectivity index (χ1) is 13.5. The summed E-state index contributed by atoms with van der Waals surface area (Å²) < 4.78 is 14.2. The van der Waals surface area contributed by atoms with Gasteiger partial charge in [-0.1, -0.05) is 29.8 Å². The zero-order chi connectivity index (χ0) is 19.7. The van der Waals surface area contributed by atoms with Gasteiger partial charge in [0.2, 0.25) is 0 Å². The first-order valence-electron chi connectivity index (χ1n) is 8.53. The van der Waals surface area contributed by atoms with Crippen molar-refractivity contribution in [2.75, 3.05) is 4.90 Å². The average molecular weight is 448 g/mol. The lowest BCUT2D eigenvalue weighted by atomic mass is 10.1. The molecule has 148 valence electrons. The number of aryl methyl sites for hydroxylation is 1. The van der Waals surface area contributed by atoms with E-state index in [1.54, 1.807) is 47.8 Å². The lowest BCUT2D eigenvalue weighted by molar-refractivity contribution is 0.0988. The Kier molecular flexibility index (Phi) is 6.47. The van der Waals surface area contributed by atoms with Crippen LogP contribution in [0.5, 0.6) is 0 Å². The molecule has 0 fully saturated rings. The molecule has 8 heteroatoms. The number of halogens is 3. The number of aromatic nitrogens is 2. The molecule has 0 unspecified atom stereocenters. The number of thiazole rings is 1. The summed E-state index contributed by atoms with van der Waals surface area (Å²) in [6.07, 6.45) is 3.15. The molecule has 0 aliphatic heterocycles. The first kappa shape index (κ1) is 21.2. The minimum Gasteiger partial charge on any atom is -0.303 e. The molecule has 2 heterocycles. The Morgan fingerprint density at radius 1 is 1.17 bits per heavy atom. The molecule has 4 nitrogen and oxygen atoms in total. The van der Waals surface area contributed by atoms with Crippen molar-refractivity contribution in [2.45, 2.75) is 13.5 Å². The molecule has 0 radical (unpaired) electrons. The van der Waals surface area contributed by atoms with Gasteiger partial charge in [0.25, 0.3) is 5.91 Å². The van der Waals surface area contributed by atoms with Gasteiger partial charge >= 0.3 is 0 Å². The number of fused-ring (bicyclic) bond motifs is 1. The van der Waals surface area contributed by atoms with Gasteiger partial charge in [0.1, 0.15) is 10.7 Å². The van der Waals surface area contributed by atoms with Crippen LogP contribution < -0.4 is 4.90 Å². The first-order valence-corrected chi connectivity index (χ1v) is 9.79. The van der Waals surface area contributed by atoms with Crippen LogP contribution in [0.3, 0.4) is 0 Å². The minimum absolute atomic E-state index is 0. The van der Waals surface area contributed by atoms with Crippen molar-refractivity contribution in [3.63, 3.8) is 0 Å². The number of hydrogen-bond donors (Lipinski definition) is 0. The number of carbonyl (C=O) groups excluding carboxylic acids is 1. The summed E-state index contributed by atoms with van der Waals surface area (Å²) in [6.45, 7) is 2.03. The van der Waals surface area contributed by atoms with Crippen LogP contribution in [0.2, 0.25) is 5.02 Å². The third-order valence-electron chi connectivity index (χ3n) is 4.47. The van der Waals surface area contributed by atoms with Gasteiger partial charge in [-0.15, -0.1) is 23.7 Å². The van der Waals surface area contributed by atoms with Crippen molar-refractivity contribution in [1.29, 1.82) is 0 Å². The summed E-state index contributed by atoms with van der Waals surface area (Å²) in [5, 5.41) is 1.67. The maximum Gasteiger partial charge on any atom is 0.270 e. The predicted octanol–water partition coefficient (Wildman–Crippen LogP) is 6.06. The number of amides is 1. The summed E-state index contributed by atoms with van der Waals surface area (Å²) in [4.78, 5) is 23.8. The monoisotopic (exact) mass is 447 g/mol. The maximum atomic E-state index is 14.2. The Morgan fingerprint density at radius 2 is 1.97 bits per heavy atom. The molecule has 29 heavy (non-hydrogen) atoms. The molecule has 2 aromatic heterocycles. The van der Waals surface area contributed by atoms with Gasteiger partial charge in [-0.2, -0.15) is 0 Å². The molecule has 0 saturated heterocycles. The van der Waals surface area contributed by atoms with E-state index in [4.69, 9.17) is 11.6 Å². The largest absolute Gasteiger partial charge is 0.303 e. The Morgan fingerprint density at radius 3 is 2.69 bits per heavy atom. The van der Waals surface area contributed by atoms with Crippen molar-refractivity contribution >= 4 is 57.7 Å². The third kappa shape index (κ3) is 4.24. The molecule has 2 aromatic carbocycles. The van der Waals surface area contributed by atoms with Gasteiger partial charge in [0, 0.05) is 28.5 Å². The number of pyridine rings is 1. The molecular formula is C21H16Cl2FN3OS. The second kappa shape index (κ2) is 8.86. The Balaban J connectivity index is 0.00000240. The van der Waals surface area contributed by atoms with Crippen molar-refractivity contribution in [3.8, 4) is 0 Å². The second-order valence-electron chi connectivity index (χ2n) is 6.27. The highest BCUT2D eigenvalue weighted by Gasteiger charge is 2.23. The lowest BCUT2D eigenvalue weighted by Crippen LogP contribution is -2.30. The van der Waals surface area contributed by atoms with Crippen LogP contribution in [0.15, 0.2) is 60.4 Å². The van der Waals surface area contributed by atoms with Crippen LogP contribution in [-0.2, 0) is 6.54 Å². The smallest absolute Gasteiger partial charge is 0.270 e. The van der Waals surface area contributed by atoms with Crippen LogP contribution in [0.25, 0.3) is 10.8 Å². The van der Waals surface area contributed by atoms with Gasteiger partial charge < -0.3 is 4.90 Å². The van der Waals surface area contributed by atoms with Gasteiger partial charge in [0.05, 0.1) is 17.7 Å². The summed E-state index contributed by atoms with van der Waals surface area (Å²) in [5.74, 6) is -0.526. The standard InChI is InChI=1S/C21H15ClFN3OS.ClH/c1-13-20(28-12-25-13)21(27)26(16-5-2-4-15(22)8-16)11-14-9-24-10-18-17(14)6-3-7-19(18)23;/h2-10,12H,11H2,1H3;1H. The van der Waals surface area contributed by atoms with Gasteiger partial charge in [-0.25, -0.2) is 9.37 Å². The van der Waals surface area contributed by atoms with Crippen LogP contribution in [-0.4, -0.2) is 15.9 Å². The van der Waals surface area contributed by atoms with E-state index in [-0.39, 0.29) is 30.7 Å². The fraction of sp³-hybridized carbons (Fsp3) is 0.0952. The number of rotatable bonds is 4. The predicted molar refractivity (Wildman–Crippen MR) is 118 cm³/mol. The Labute approximate surface area is 182 Å². The van der Waals surface area contributed by atoms with Crippen molar-refractivity contribution in [2.24, 2.45) is 0 Å². The number of carbonyl (C=O) groups is 1. The summed E-state index contributed by atoms with van der Waals surface area (Å²) in [5.41, 5.74) is 3.71. The van der Waals surface area contributed by atoms with E-state index in [2.05, 4.69) is 9.97 Å². The number of anilines is 1. The highest BCUT2D eigenvalue weighted by molar-refractivity contribution is 7.12. The number of nitrogens with zero attached hydrogens (tertiary/aromatic N) is 3. The highest BCUT2D eigenvalue weighted by atomic mass is 35.5. The quantitative estimate of drug-likeness (QED) is 0.381. The summed E-state index contributed by atoms with van der Waals surface area (Å²) in [6, 6.07) is 12.0. The maximum absolute atomic E-state index is 14.2. The zero-order valence-electron chi connectivity index (χ0n) is 15.3. The summed E-state index contributed by atoms with van der Waals surface area (Å²) in [7, 11) is 0. The molecule has 0 atom stereocenters.